The van der Waals surface area contributed by atoms with Crippen LogP contribution in [0.15, 0.2) is 24.4 Å². The maximum absolute atomic E-state index is 5.47. The van der Waals surface area contributed by atoms with Gasteiger partial charge in [0.2, 0.25) is 0 Å². The van der Waals surface area contributed by atoms with Gasteiger partial charge in [-0.15, -0.1) is 0 Å². The SMILES string of the molecule is CCSCC(Cc1ccccn1)NN. The largest absolute Gasteiger partial charge is 0.271 e. The Morgan fingerprint density at radius 1 is 1.57 bits per heavy atom. The van der Waals surface area contributed by atoms with Crippen molar-refractivity contribution in [3.8, 4) is 0 Å². The Hall–Kier alpha value is -0.580. The highest BCUT2D eigenvalue weighted by Gasteiger charge is 2.07. The molecular formula is C10H17N3S. The lowest BCUT2D eigenvalue weighted by Crippen LogP contribution is -2.38. The normalized spacial score (nSPS) is 12.7. The van der Waals surface area contributed by atoms with E-state index < -0.39 is 0 Å². The quantitative estimate of drug-likeness (QED) is 0.548. The van der Waals surface area contributed by atoms with Crippen LogP contribution in [-0.4, -0.2) is 22.5 Å². The Kier molecular flexibility index (Phi) is 5.59. The van der Waals surface area contributed by atoms with Crippen molar-refractivity contribution in [2.75, 3.05) is 11.5 Å². The predicted octanol–water partition coefficient (Wildman–Crippen LogP) is 1.21. The molecule has 78 valence electrons. The zero-order chi connectivity index (χ0) is 10.2. The molecule has 3 N–H and O–H groups in total. The van der Waals surface area contributed by atoms with E-state index >= 15 is 0 Å². The number of hydrogen-bond donors (Lipinski definition) is 2. The third-order valence-electron chi connectivity index (χ3n) is 1.94. The molecule has 3 nitrogen and oxygen atoms in total. The van der Waals surface area contributed by atoms with Gasteiger partial charge in [0.05, 0.1) is 0 Å². The molecule has 0 bridgehead atoms. The van der Waals surface area contributed by atoms with Crippen LogP contribution in [0.2, 0.25) is 0 Å². The molecule has 0 saturated carbocycles. The molecule has 0 fully saturated rings. The van der Waals surface area contributed by atoms with Crippen molar-refractivity contribution in [3.63, 3.8) is 0 Å². The van der Waals surface area contributed by atoms with Crippen LogP contribution in [0.3, 0.4) is 0 Å². The zero-order valence-corrected chi connectivity index (χ0v) is 9.26. The number of nitrogens with one attached hydrogen (secondary N) is 1. The second-order valence-electron chi connectivity index (χ2n) is 3.05. The Bertz CT molecular complexity index is 240. The van der Waals surface area contributed by atoms with Gasteiger partial charge in [0.25, 0.3) is 0 Å². The summed E-state index contributed by atoms with van der Waals surface area (Å²) in [5.74, 6) is 7.63. The van der Waals surface area contributed by atoms with Gasteiger partial charge in [-0.1, -0.05) is 13.0 Å². The van der Waals surface area contributed by atoms with Crippen molar-refractivity contribution >= 4 is 11.8 Å². The minimum atomic E-state index is 0.315. The molecule has 1 aromatic heterocycles. The second-order valence-corrected chi connectivity index (χ2v) is 4.37. The molecule has 0 aliphatic heterocycles. The number of hydrazine groups is 1. The molecule has 0 spiro atoms. The van der Waals surface area contributed by atoms with E-state index in [0.717, 1.165) is 23.6 Å². The van der Waals surface area contributed by atoms with Gasteiger partial charge < -0.3 is 0 Å². The van der Waals surface area contributed by atoms with Crippen LogP contribution in [0.4, 0.5) is 0 Å². The monoisotopic (exact) mass is 211 g/mol. The molecule has 0 aromatic carbocycles. The van der Waals surface area contributed by atoms with Crippen molar-refractivity contribution in [3.05, 3.63) is 30.1 Å². The fourth-order valence-corrected chi connectivity index (χ4v) is 1.93. The molecule has 0 aliphatic carbocycles. The lowest BCUT2D eigenvalue weighted by Gasteiger charge is -2.14. The minimum absolute atomic E-state index is 0.315. The van der Waals surface area contributed by atoms with Crippen LogP contribution in [0.1, 0.15) is 12.6 Å². The van der Waals surface area contributed by atoms with E-state index in [1.807, 2.05) is 36.2 Å². The summed E-state index contributed by atoms with van der Waals surface area (Å²) in [6, 6.07) is 6.27. The van der Waals surface area contributed by atoms with Gasteiger partial charge in [-0.2, -0.15) is 11.8 Å². The summed E-state index contributed by atoms with van der Waals surface area (Å²) in [6.07, 6.45) is 2.71. The number of pyridine rings is 1. The van der Waals surface area contributed by atoms with Gasteiger partial charge in [-0.25, -0.2) is 0 Å². The number of nitrogens with two attached hydrogens (primary N) is 1. The summed E-state index contributed by atoms with van der Waals surface area (Å²) < 4.78 is 0. The highest BCUT2D eigenvalue weighted by molar-refractivity contribution is 7.99. The summed E-state index contributed by atoms with van der Waals surface area (Å²) in [4.78, 5) is 4.27. The van der Waals surface area contributed by atoms with Crippen LogP contribution < -0.4 is 11.3 Å². The second kappa shape index (κ2) is 6.81. The molecule has 1 unspecified atom stereocenters. The van der Waals surface area contributed by atoms with Crippen molar-refractivity contribution in [2.45, 2.75) is 19.4 Å². The summed E-state index contributed by atoms with van der Waals surface area (Å²) in [6.45, 7) is 2.15. The van der Waals surface area contributed by atoms with Crippen LogP contribution in [0.25, 0.3) is 0 Å². The fraction of sp³-hybridized carbons (Fsp3) is 0.500. The van der Waals surface area contributed by atoms with E-state index in [1.165, 1.54) is 0 Å². The first-order valence-electron chi connectivity index (χ1n) is 4.80. The number of rotatable bonds is 6. The standard InChI is InChI=1S/C10H17N3S/c1-2-14-8-10(13-11)7-9-5-3-4-6-12-9/h3-6,10,13H,2,7-8,11H2,1H3. The molecule has 0 aliphatic rings. The molecule has 4 heteroatoms. The van der Waals surface area contributed by atoms with Gasteiger partial charge in [0.15, 0.2) is 0 Å². The lowest BCUT2D eigenvalue weighted by molar-refractivity contribution is 0.569. The number of thioether (sulfide) groups is 1. The van der Waals surface area contributed by atoms with Crippen LogP contribution in [0.5, 0.6) is 0 Å². The lowest BCUT2D eigenvalue weighted by atomic mass is 10.2. The van der Waals surface area contributed by atoms with E-state index in [0.29, 0.717) is 6.04 Å². The molecule has 0 radical (unpaired) electrons. The van der Waals surface area contributed by atoms with Crippen molar-refractivity contribution in [1.29, 1.82) is 0 Å². The molecule has 14 heavy (non-hydrogen) atoms. The average Bonchev–Trinajstić information content (AvgIpc) is 2.25. The summed E-state index contributed by atoms with van der Waals surface area (Å²) >= 11 is 1.89. The van der Waals surface area contributed by atoms with Crippen molar-refractivity contribution < 1.29 is 0 Å². The van der Waals surface area contributed by atoms with Gasteiger partial charge >= 0.3 is 0 Å². The van der Waals surface area contributed by atoms with Crippen molar-refractivity contribution in [2.24, 2.45) is 5.84 Å². The van der Waals surface area contributed by atoms with E-state index in [1.54, 1.807) is 0 Å². The van der Waals surface area contributed by atoms with Gasteiger partial charge in [-0.05, 0) is 17.9 Å². The highest BCUT2D eigenvalue weighted by Crippen LogP contribution is 2.06. The Labute approximate surface area is 89.5 Å². The Morgan fingerprint density at radius 3 is 3.00 bits per heavy atom. The zero-order valence-electron chi connectivity index (χ0n) is 8.44. The first-order chi connectivity index (χ1) is 6.86. The third kappa shape index (κ3) is 4.09. The summed E-state index contributed by atoms with van der Waals surface area (Å²) in [5.41, 5.74) is 3.91. The molecule has 1 rings (SSSR count). The van der Waals surface area contributed by atoms with E-state index in [4.69, 9.17) is 5.84 Å². The maximum Gasteiger partial charge on any atom is 0.0419 e. The highest BCUT2D eigenvalue weighted by atomic mass is 32.2. The van der Waals surface area contributed by atoms with E-state index in [9.17, 15) is 0 Å². The average molecular weight is 211 g/mol. The number of nitrogens with zero attached hydrogens (tertiary/aromatic N) is 1. The maximum atomic E-state index is 5.47. The third-order valence-corrected chi connectivity index (χ3v) is 2.99. The Balaban J connectivity index is 2.40. The first kappa shape index (κ1) is 11.5. The van der Waals surface area contributed by atoms with Crippen LogP contribution in [0, 0.1) is 0 Å². The molecule has 0 amide bonds. The smallest absolute Gasteiger partial charge is 0.0419 e. The van der Waals surface area contributed by atoms with E-state index in [-0.39, 0.29) is 0 Å². The molecule has 1 heterocycles. The van der Waals surface area contributed by atoms with Gasteiger partial charge in [0, 0.05) is 30.1 Å². The first-order valence-corrected chi connectivity index (χ1v) is 5.96. The minimum Gasteiger partial charge on any atom is -0.271 e. The van der Waals surface area contributed by atoms with E-state index in [2.05, 4.69) is 17.3 Å². The molecule has 1 aromatic rings. The number of aromatic nitrogens is 1. The fourth-order valence-electron chi connectivity index (χ4n) is 1.20. The number of hydrogen-bond acceptors (Lipinski definition) is 4. The predicted molar refractivity (Wildman–Crippen MR) is 62.1 cm³/mol. The van der Waals surface area contributed by atoms with Crippen LogP contribution >= 0.6 is 11.8 Å². The molecule has 1 atom stereocenters. The summed E-state index contributed by atoms with van der Waals surface area (Å²) in [5, 5.41) is 0. The van der Waals surface area contributed by atoms with Crippen LogP contribution in [-0.2, 0) is 6.42 Å². The molecule has 0 saturated heterocycles. The van der Waals surface area contributed by atoms with Gasteiger partial charge in [0.1, 0.15) is 0 Å². The molecular weight excluding hydrogens is 194 g/mol. The summed E-state index contributed by atoms with van der Waals surface area (Å²) in [7, 11) is 0. The Morgan fingerprint density at radius 2 is 2.43 bits per heavy atom. The topological polar surface area (TPSA) is 50.9 Å². The van der Waals surface area contributed by atoms with Crippen molar-refractivity contribution in [1.82, 2.24) is 10.4 Å². The van der Waals surface area contributed by atoms with Gasteiger partial charge in [-0.3, -0.25) is 16.3 Å².